The van der Waals surface area contributed by atoms with E-state index in [1.54, 1.807) is 30.3 Å². The molecular weight excluding hydrogens is 204 g/mol. The number of carbonyl (C=O) groups is 1. The molecule has 2 atom stereocenters. The average Bonchev–Trinajstić information content (AvgIpc) is 2.65. The molecule has 0 bridgehead atoms. The number of aliphatic hydroxyl groups is 1. The fourth-order valence-electron chi connectivity index (χ4n) is 1.76. The van der Waals surface area contributed by atoms with E-state index in [2.05, 4.69) is 6.92 Å². The van der Waals surface area contributed by atoms with E-state index in [4.69, 9.17) is 10.2 Å². The van der Waals surface area contributed by atoms with Gasteiger partial charge in [-0.15, -0.1) is 0 Å². The predicted molar refractivity (Wildman–Crippen MR) is 62.4 cm³/mol. The SMILES string of the molecule is C[C@@H]1CC[C@H](O)C1.O=C(O)c1ccccc1. The van der Waals surface area contributed by atoms with Crippen molar-refractivity contribution in [2.75, 3.05) is 0 Å². The van der Waals surface area contributed by atoms with Crippen LogP contribution in [0.5, 0.6) is 0 Å². The van der Waals surface area contributed by atoms with Crippen LogP contribution in [0.4, 0.5) is 0 Å². The fourth-order valence-corrected chi connectivity index (χ4v) is 1.76. The summed E-state index contributed by atoms with van der Waals surface area (Å²) in [6.45, 7) is 2.19. The lowest BCUT2D eigenvalue weighted by Crippen LogP contribution is -1.97. The van der Waals surface area contributed by atoms with Crippen molar-refractivity contribution in [2.45, 2.75) is 32.3 Å². The zero-order valence-electron chi connectivity index (χ0n) is 9.47. The first kappa shape index (κ1) is 12.7. The van der Waals surface area contributed by atoms with Crippen LogP contribution in [0, 0.1) is 5.92 Å². The molecule has 0 unspecified atom stereocenters. The number of rotatable bonds is 1. The van der Waals surface area contributed by atoms with Crippen molar-refractivity contribution in [2.24, 2.45) is 5.92 Å². The Balaban J connectivity index is 0.000000165. The van der Waals surface area contributed by atoms with Gasteiger partial charge in [0, 0.05) is 0 Å². The summed E-state index contributed by atoms with van der Waals surface area (Å²) in [5.74, 6) is -0.106. The minimum atomic E-state index is -0.879. The van der Waals surface area contributed by atoms with E-state index >= 15 is 0 Å². The van der Waals surface area contributed by atoms with E-state index < -0.39 is 5.97 Å². The smallest absolute Gasteiger partial charge is 0.335 e. The maximum absolute atomic E-state index is 10.2. The van der Waals surface area contributed by atoms with E-state index in [-0.39, 0.29) is 6.10 Å². The van der Waals surface area contributed by atoms with E-state index in [1.807, 2.05) is 0 Å². The Morgan fingerprint density at radius 3 is 2.12 bits per heavy atom. The minimum Gasteiger partial charge on any atom is -0.478 e. The molecule has 0 aliphatic heterocycles. The molecule has 1 aromatic carbocycles. The molecule has 0 heterocycles. The number of hydrogen-bond acceptors (Lipinski definition) is 2. The molecule has 3 heteroatoms. The largest absolute Gasteiger partial charge is 0.478 e. The molecule has 0 saturated heterocycles. The Morgan fingerprint density at radius 2 is 1.88 bits per heavy atom. The summed E-state index contributed by atoms with van der Waals surface area (Å²) in [7, 11) is 0. The number of aromatic carboxylic acids is 1. The van der Waals surface area contributed by atoms with Gasteiger partial charge in [0.25, 0.3) is 0 Å². The molecule has 1 aromatic rings. The Bertz CT molecular complexity index is 313. The Labute approximate surface area is 95.7 Å². The molecule has 16 heavy (non-hydrogen) atoms. The monoisotopic (exact) mass is 222 g/mol. The van der Waals surface area contributed by atoms with Gasteiger partial charge in [-0.05, 0) is 37.3 Å². The van der Waals surface area contributed by atoms with Crippen molar-refractivity contribution < 1.29 is 15.0 Å². The summed E-state index contributed by atoms with van der Waals surface area (Å²) < 4.78 is 0. The molecule has 1 saturated carbocycles. The first-order valence-electron chi connectivity index (χ1n) is 5.56. The molecule has 0 radical (unpaired) electrons. The number of aliphatic hydroxyl groups excluding tert-OH is 1. The fraction of sp³-hybridized carbons (Fsp3) is 0.462. The van der Waals surface area contributed by atoms with E-state index in [0.717, 1.165) is 18.8 Å². The summed E-state index contributed by atoms with van der Waals surface area (Å²) in [5, 5.41) is 17.3. The minimum absolute atomic E-state index is 0.0231. The van der Waals surface area contributed by atoms with Gasteiger partial charge in [0.05, 0.1) is 11.7 Å². The third kappa shape index (κ3) is 4.45. The quantitative estimate of drug-likeness (QED) is 0.767. The first-order chi connectivity index (χ1) is 7.59. The highest BCUT2D eigenvalue weighted by Crippen LogP contribution is 2.23. The highest BCUT2D eigenvalue weighted by atomic mass is 16.4. The van der Waals surface area contributed by atoms with E-state index in [9.17, 15) is 4.79 Å². The third-order valence-electron chi connectivity index (χ3n) is 2.69. The number of carboxylic acids is 1. The van der Waals surface area contributed by atoms with Crippen molar-refractivity contribution >= 4 is 5.97 Å². The van der Waals surface area contributed by atoms with Gasteiger partial charge in [0.2, 0.25) is 0 Å². The van der Waals surface area contributed by atoms with Crippen molar-refractivity contribution in [3.63, 3.8) is 0 Å². The summed E-state index contributed by atoms with van der Waals surface area (Å²) >= 11 is 0. The second kappa shape index (κ2) is 6.28. The molecule has 1 aliphatic rings. The standard InChI is InChI=1S/C7H6O2.C6H12O/c8-7(9)6-4-2-1-3-5-6;1-5-2-3-6(7)4-5/h1-5H,(H,8,9);5-7H,2-4H2,1H3/t;5-,6+/m.1/s1. The Kier molecular flexibility index (Phi) is 4.99. The van der Waals surface area contributed by atoms with Gasteiger partial charge in [-0.2, -0.15) is 0 Å². The average molecular weight is 222 g/mol. The highest BCUT2D eigenvalue weighted by molar-refractivity contribution is 5.87. The molecule has 1 fully saturated rings. The second-order valence-corrected chi connectivity index (χ2v) is 4.24. The van der Waals surface area contributed by atoms with Crippen LogP contribution in [0.2, 0.25) is 0 Å². The van der Waals surface area contributed by atoms with Crippen LogP contribution in [0.3, 0.4) is 0 Å². The number of carboxylic acid groups (broad SMARTS) is 1. The van der Waals surface area contributed by atoms with E-state index in [0.29, 0.717) is 5.56 Å². The number of benzene rings is 1. The van der Waals surface area contributed by atoms with Gasteiger partial charge in [0.15, 0.2) is 0 Å². The number of hydrogen-bond donors (Lipinski definition) is 2. The van der Waals surface area contributed by atoms with Crippen LogP contribution in [0.15, 0.2) is 30.3 Å². The second-order valence-electron chi connectivity index (χ2n) is 4.24. The molecule has 1 aliphatic carbocycles. The summed E-state index contributed by atoms with van der Waals surface area (Å²) in [6.07, 6.45) is 3.30. The molecule has 0 spiro atoms. The van der Waals surface area contributed by atoms with Gasteiger partial charge in [0.1, 0.15) is 0 Å². The van der Waals surface area contributed by atoms with Crippen molar-refractivity contribution in [1.29, 1.82) is 0 Å². The molecule has 3 nitrogen and oxygen atoms in total. The Morgan fingerprint density at radius 1 is 1.25 bits per heavy atom. The summed E-state index contributed by atoms with van der Waals surface area (Å²) in [4.78, 5) is 10.2. The van der Waals surface area contributed by atoms with Crippen LogP contribution in [-0.4, -0.2) is 22.3 Å². The Hall–Kier alpha value is -1.35. The summed E-state index contributed by atoms with van der Waals surface area (Å²) in [6, 6.07) is 8.30. The first-order valence-corrected chi connectivity index (χ1v) is 5.56. The molecule has 0 amide bonds. The van der Waals surface area contributed by atoms with Crippen LogP contribution in [0.25, 0.3) is 0 Å². The van der Waals surface area contributed by atoms with Crippen LogP contribution < -0.4 is 0 Å². The van der Waals surface area contributed by atoms with Crippen molar-refractivity contribution in [3.8, 4) is 0 Å². The van der Waals surface area contributed by atoms with Crippen molar-refractivity contribution in [3.05, 3.63) is 35.9 Å². The lowest BCUT2D eigenvalue weighted by Gasteiger charge is -1.95. The van der Waals surface area contributed by atoms with Gasteiger partial charge >= 0.3 is 5.97 Å². The molecule has 0 aromatic heterocycles. The molecule has 2 N–H and O–H groups in total. The van der Waals surface area contributed by atoms with Crippen LogP contribution >= 0.6 is 0 Å². The highest BCUT2D eigenvalue weighted by Gasteiger charge is 2.17. The lowest BCUT2D eigenvalue weighted by molar-refractivity contribution is 0.0697. The topological polar surface area (TPSA) is 57.5 Å². The predicted octanol–water partition coefficient (Wildman–Crippen LogP) is 2.55. The van der Waals surface area contributed by atoms with Gasteiger partial charge < -0.3 is 10.2 Å². The van der Waals surface area contributed by atoms with Crippen LogP contribution in [-0.2, 0) is 0 Å². The maximum Gasteiger partial charge on any atom is 0.335 e. The van der Waals surface area contributed by atoms with Gasteiger partial charge in [-0.25, -0.2) is 4.79 Å². The van der Waals surface area contributed by atoms with E-state index in [1.165, 1.54) is 6.42 Å². The third-order valence-corrected chi connectivity index (χ3v) is 2.69. The molecular formula is C13H18O3. The maximum atomic E-state index is 10.2. The van der Waals surface area contributed by atoms with Crippen LogP contribution in [0.1, 0.15) is 36.5 Å². The van der Waals surface area contributed by atoms with Crippen molar-refractivity contribution in [1.82, 2.24) is 0 Å². The zero-order chi connectivity index (χ0) is 12.0. The zero-order valence-corrected chi connectivity index (χ0v) is 9.47. The molecule has 2 rings (SSSR count). The summed E-state index contributed by atoms with van der Waals surface area (Å²) in [5.41, 5.74) is 0.331. The van der Waals surface area contributed by atoms with Gasteiger partial charge in [-0.3, -0.25) is 0 Å². The lowest BCUT2D eigenvalue weighted by atomic mass is 10.1. The van der Waals surface area contributed by atoms with Gasteiger partial charge in [-0.1, -0.05) is 25.1 Å². The normalized spacial score (nSPS) is 23.4. The molecule has 88 valence electrons.